The lowest BCUT2D eigenvalue weighted by Gasteiger charge is -2.43. The van der Waals surface area contributed by atoms with Gasteiger partial charge in [0.25, 0.3) is 5.91 Å². The second-order valence-electron chi connectivity index (χ2n) is 9.72. The minimum Gasteiger partial charge on any atom is -0.496 e. The van der Waals surface area contributed by atoms with Gasteiger partial charge in [-0.1, -0.05) is 18.2 Å². The highest BCUT2D eigenvalue weighted by atomic mass is 16.6. The molecule has 0 radical (unpaired) electrons. The standard InChI is InChI=1S/C27H28N2O4/c1-17-16-29(20-7-8-20)22-13-19(14-23(32-2)24(17)22)25(30)28-11-9-27(10-12-28)15-18-5-3-4-6-21(18)26(31)33-27/h3-6,13-14,16,20H,7-12,15H2,1-2H3. The van der Waals surface area contributed by atoms with E-state index in [4.69, 9.17) is 9.47 Å². The Kier molecular flexibility index (Phi) is 4.54. The molecule has 1 saturated heterocycles. The Hall–Kier alpha value is -3.28. The number of ether oxygens (including phenoxy) is 2. The highest BCUT2D eigenvalue weighted by molar-refractivity contribution is 6.01. The zero-order valence-corrected chi connectivity index (χ0v) is 19.1. The van der Waals surface area contributed by atoms with Crippen molar-refractivity contribution in [3.63, 3.8) is 0 Å². The van der Waals surface area contributed by atoms with E-state index in [0.717, 1.165) is 22.2 Å². The molecule has 1 saturated carbocycles. The van der Waals surface area contributed by atoms with Gasteiger partial charge in [-0.15, -0.1) is 0 Å². The summed E-state index contributed by atoms with van der Waals surface area (Å²) in [4.78, 5) is 28.0. The number of amides is 1. The predicted molar refractivity (Wildman–Crippen MR) is 125 cm³/mol. The van der Waals surface area contributed by atoms with Crippen molar-refractivity contribution in [2.24, 2.45) is 0 Å². The van der Waals surface area contributed by atoms with Gasteiger partial charge < -0.3 is 18.9 Å². The Labute approximate surface area is 193 Å². The molecular weight excluding hydrogens is 416 g/mol. The maximum atomic E-state index is 13.5. The molecule has 1 aromatic heterocycles. The number of hydrogen-bond donors (Lipinski definition) is 0. The first kappa shape index (κ1) is 20.3. The summed E-state index contributed by atoms with van der Waals surface area (Å²) in [5.41, 5.74) is 4.09. The molecule has 1 spiro atoms. The number of carbonyl (C=O) groups is 2. The molecule has 170 valence electrons. The number of aromatic nitrogens is 1. The Bertz CT molecular complexity index is 1280. The van der Waals surface area contributed by atoms with Crippen LogP contribution in [0.1, 0.15) is 63.6 Å². The zero-order chi connectivity index (χ0) is 22.7. The normalized spacial score (nSPS) is 19.5. The highest BCUT2D eigenvalue weighted by Crippen LogP contribution is 2.42. The first-order valence-electron chi connectivity index (χ1n) is 11.8. The van der Waals surface area contributed by atoms with Crippen molar-refractivity contribution in [3.05, 3.63) is 64.8 Å². The molecule has 3 aliphatic rings. The van der Waals surface area contributed by atoms with Gasteiger partial charge in [0.2, 0.25) is 0 Å². The van der Waals surface area contributed by atoms with Crippen LogP contribution in [-0.2, 0) is 11.2 Å². The largest absolute Gasteiger partial charge is 0.496 e. The van der Waals surface area contributed by atoms with Crippen LogP contribution >= 0.6 is 0 Å². The first-order chi connectivity index (χ1) is 16.0. The number of hydrogen-bond acceptors (Lipinski definition) is 4. The van der Waals surface area contributed by atoms with Gasteiger partial charge in [-0.2, -0.15) is 0 Å². The van der Waals surface area contributed by atoms with E-state index < -0.39 is 5.60 Å². The Morgan fingerprint density at radius 3 is 2.64 bits per heavy atom. The Balaban J connectivity index is 1.25. The van der Waals surface area contributed by atoms with Crippen molar-refractivity contribution >= 4 is 22.8 Å². The SMILES string of the molecule is COc1cc(C(=O)N2CCC3(CC2)Cc2ccccc2C(=O)O3)cc2c1c(C)cn2C1CC1. The summed E-state index contributed by atoms with van der Waals surface area (Å²) in [7, 11) is 1.66. The molecule has 2 aliphatic heterocycles. The molecule has 2 fully saturated rings. The average Bonchev–Trinajstić information content (AvgIpc) is 3.62. The van der Waals surface area contributed by atoms with Gasteiger partial charge >= 0.3 is 5.97 Å². The van der Waals surface area contributed by atoms with Gasteiger partial charge in [0.15, 0.2) is 0 Å². The number of rotatable bonds is 3. The van der Waals surface area contributed by atoms with Crippen LogP contribution in [0.15, 0.2) is 42.6 Å². The lowest BCUT2D eigenvalue weighted by molar-refractivity contribution is -0.0526. The zero-order valence-electron chi connectivity index (χ0n) is 19.1. The fourth-order valence-corrected chi connectivity index (χ4v) is 5.57. The van der Waals surface area contributed by atoms with E-state index in [1.165, 1.54) is 18.4 Å². The van der Waals surface area contributed by atoms with Gasteiger partial charge in [-0.3, -0.25) is 4.79 Å². The topological polar surface area (TPSA) is 60.8 Å². The van der Waals surface area contributed by atoms with Gasteiger partial charge in [-0.05, 0) is 49.1 Å². The summed E-state index contributed by atoms with van der Waals surface area (Å²) >= 11 is 0. The molecule has 6 heteroatoms. The smallest absolute Gasteiger partial charge is 0.338 e. The summed E-state index contributed by atoms with van der Waals surface area (Å²) in [6, 6.07) is 12.1. The lowest BCUT2D eigenvalue weighted by Crippen LogP contribution is -2.51. The molecule has 0 bridgehead atoms. The van der Waals surface area contributed by atoms with Gasteiger partial charge in [-0.25, -0.2) is 4.79 Å². The molecule has 6 rings (SSSR count). The third-order valence-corrected chi connectivity index (χ3v) is 7.51. The highest BCUT2D eigenvalue weighted by Gasteiger charge is 2.43. The number of methoxy groups -OCH3 is 1. The molecule has 0 N–H and O–H groups in total. The van der Waals surface area contributed by atoms with Crippen LogP contribution in [0.25, 0.3) is 10.9 Å². The van der Waals surface area contributed by atoms with E-state index in [1.54, 1.807) is 7.11 Å². The van der Waals surface area contributed by atoms with Gasteiger partial charge in [0.1, 0.15) is 11.4 Å². The molecule has 0 unspecified atom stereocenters. The van der Waals surface area contributed by atoms with Crippen molar-refractivity contribution < 1.29 is 19.1 Å². The molecule has 6 nitrogen and oxygen atoms in total. The molecular formula is C27H28N2O4. The molecule has 1 amide bonds. The third kappa shape index (κ3) is 3.31. The number of nitrogens with zero attached hydrogens (tertiary/aromatic N) is 2. The molecule has 0 atom stereocenters. The minimum atomic E-state index is -0.512. The predicted octanol–water partition coefficient (Wildman–Crippen LogP) is 4.68. The van der Waals surface area contributed by atoms with Crippen LogP contribution in [-0.4, -0.2) is 47.1 Å². The van der Waals surface area contributed by atoms with E-state index in [0.29, 0.717) is 49.5 Å². The molecule has 3 heterocycles. The molecule has 3 aromatic rings. The average molecular weight is 445 g/mol. The number of esters is 1. The first-order valence-corrected chi connectivity index (χ1v) is 11.8. The lowest BCUT2D eigenvalue weighted by atomic mass is 9.81. The van der Waals surface area contributed by atoms with Gasteiger partial charge in [0.05, 0.1) is 18.2 Å². The summed E-state index contributed by atoms with van der Waals surface area (Å²) in [6.07, 6.45) is 6.55. The maximum Gasteiger partial charge on any atom is 0.338 e. The van der Waals surface area contributed by atoms with E-state index in [1.807, 2.05) is 41.3 Å². The van der Waals surface area contributed by atoms with Crippen LogP contribution in [0.3, 0.4) is 0 Å². The third-order valence-electron chi connectivity index (χ3n) is 7.51. The van der Waals surface area contributed by atoms with Crippen LogP contribution in [0, 0.1) is 6.92 Å². The van der Waals surface area contributed by atoms with Crippen LogP contribution in [0.5, 0.6) is 5.75 Å². The Morgan fingerprint density at radius 1 is 1.15 bits per heavy atom. The van der Waals surface area contributed by atoms with Crippen LogP contribution < -0.4 is 4.74 Å². The number of fused-ring (bicyclic) bond motifs is 2. The molecule has 1 aliphatic carbocycles. The minimum absolute atomic E-state index is 0.00814. The number of benzene rings is 2. The molecule has 2 aromatic carbocycles. The van der Waals surface area contributed by atoms with E-state index >= 15 is 0 Å². The summed E-state index contributed by atoms with van der Waals surface area (Å²) < 4.78 is 13.9. The van der Waals surface area contributed by atoms with E-state index in [2.05, 4.69) is 17.7 Å². The van der Waals surface area contributed by atoms with Crippen molar-refractivity contribution in [2.75, 3.05) is 20.2 Å². The van der Waals surface area contributed by atoms with E-state index in [9.17, 15) is 9.59 Å². The second-order valence-corrected chi connectivity index (χ2v) is 9.72. The van der Waals surface area contributed by atoms with Crippen LogP contribution in [0.4, 0.5) is 0 Å². The summed E-state index contributed by atoms with van der Waals surface area (Å²) in [6.45, 7) is 3.23. The number of aryl methyl sites for hydroxylation is 1. The molecule has 33 heavy (non-hydrogen) atoms. The quantitative estimate of drug-likeness (QED) is 0.551. The van der Waals surface area contributed by atoms with Gasteiger partial charge in [0, 0.05) is 55.5 Å². The Morgan fingerprint density at radius 2 is 1.91 bits per heavy atom. The fraction of sp³-hybridized carbons (Fsp3) is 0.407. The van der Waals surface area contributed by atoms with Crippen molar-refractivity contribution in [1.29, 1.82) is 0 Å². The van der Waals surface area contributed by atoms with Crippen LogP contribution in [0.2, 0.25) is 0 Å². The monoisotopic (exact) mass is 444 g/mol. The van der Waals surface area contributed by atoms with Crippen molar-refractivity contribution in [3.8, 4) is 5.75 Å². The van der Waals surface area contributed by atoms with Crippen molar-refractivity contribution in [1.82, 2.24) is 9.47 Å². The second kappa shape index (κ2) is 7.37. The maximum absolute atomic E-state index is 13.5. The van der Waals surface area contributed by atoms with E-state index in [-0.39, 0.29) is 11.9 Å². The fourth-order valence-electron chi connectivity index (χ4n) is 5.57. The number of piperidine rings is 1. The van der Waals surface area contributed by atoms with Crippen molar-refractivity contribution in [2.45, 2.75) is 50.7 Å². The number of carbonyl (C=O) groups excluding carboxylic acids is 2. The summed E-state index contributed by atoms with van der Waals surface area (Å²) in [5.74, 6) is 0.510. The summed E-state index contributed by atoms with van der Waals surface area (Å²) in [5, 5.41) is 1.09. The number of likely N-dealkylation sites (tertiary alicyclic amines) is 1.